The van der Waals surface area contributed by atoms with Crippen molar-refractivity contribution in [1.29, 1.82) is 0 Å². The number of carbonyl (C=O) groups excluding carboxylic acids is 1. The van der Waals surface area contributed by atoms with Crippen LogP contribution in [0.3, 0.4) is 0 Å². The lowest BCUT2D eigenvalue weighted by atomic mass is 9.85. The Morgan fingerprint density at radius 1 is 0.889 bits per heavy atom. The van der Waals surface area contributed by atoms with Gasteiger partial charge >= 0.3 is 0 Å². The second-order valence-corrected chi connectivity index (χ2v) is 11.7. The van der Waals surface area contributed by atoms with E-state index in [2.05, 4.69) is 46.3 Å². The Kier molecular flexibility index (Phi) is 7.03. The van der Waals surface area contributed by atoms with Gasteiger partial charge in [0.05, 0.1) is 12.7 Å². The molecule has 2 aromatic rings. The van der Waals surface area contributed by atoms with Crippen LogP contribution < -0.4 is 10.2 Å². The van der Waals surface area contributed by atoms with Gasteiger partial charge in [0.1, 0.15) is 0 Å². The fourth-order valence-corrected chi connectivity index (χ4v) is 6.87. The molecule has 2 unspecified atom stereocenters. The summed E-state index contributed by atoms with van der Waals surface area (Å²) in [5, 5.41) is 3.07. The molecule has 1 N–H and O–H groups in total. The van der Waals surface area contributed by atoms with Gasteiger partial charge in [-0.2, -0.15) is 0 Å². The molecular weight excluding hydrogens is 446 g/mol. The Bertz CT molecular complexity index is 1030. The highest BCUT2D eigenvalue weighted by molar-refractivity contribution is 6.04. The van der Waals surface area contributed by atoms with Crippen LogP contribution in [0.5, 0.6) is 0 Å². The maximum Gasteiger partial charge on any atom is 0.255 e. The van der Waals surface area contributed by atoms with Gasteiger partial charge in [0.15, 0.2) is 0 Å². The molecule has 6 rings (SSSR count). The van der Waals surface area contributed by atoms with Crippen LogP contribution in [0.25, 0.3) is 0 Å². The lowest BCUT2D eigenvalue weighted by molar-refractivity contribution is -0.00866. The van der Waals surface area contributed by atoms with E-state index in [9.17, 15) is 4.79 Å². The number of carbonyl (C=O) groups is 1. The monoisotopic (exact) mass is 487 g/mol. The van der Waals surface area contributed by atoms with Gasteiger partial charge in [-0.1, -0.05) is 31.9 Å². The fraction of sp³-hybridized carbons (Fsp3) is 0.581. The summed E-state index contributed by atoms with van der Waals surface area (Å²) in [4.78, 5) is 18.2. The Morgan fingerprint density at radius 3 is 2.39 bits per heavy atom. The van der Waals surface area contributed by atoms with E-state index in [4.69, 9.17) is 4.74 Å². The topological polar surface area (TPSA) is 44.8 Å². The average Bonchev–Trinajstić information content (AvgIpc) is 3.45. The number of benzene rings is 2. The van der Waals surface area contributed by atoms with E-state index >= 15 is 0 Å². The molecule has 0 aromatic heterocycles. The molecule has 0 spiro atoms. The molecule has 192 valence electrons. The number of hydrogen-bond acceptors (Lipinski definition) is 4. The number of fused-ring (bicyclic) bond motifs is 1. The van der Waals surface area contributed by atoms with Crippen LogP contribution in [-0.4, -0.2) is 48.6 Å². The number of hydrogen-bond donors (Lipinski definition) is 1. The first-order valence-electron chi connectivity index (χ1n) is 14.3. The Labute approximate surface area is 216 Å². The van der Waals surface area contributed by atoms with Crippen LogP contribution in [0.2, 0.25) is 0 Å². The number of nitrogens with one attached hydrogen (secondary N) is 1. The summed E-state index contributed by atoms with van der Waals surface area (Å²) in [7, 11) is 0. The summed E-state index contributed by atoms with van der Waals surface area (Å²) < 4.78 is 5.87. The first kappa shape index (κ1) is 24.0. The zero-order valence-corrected chi connectivity index (χ0v) is 21.7. The average molecular weight is 488 g/mol. The lowest BCUT2D eigenvalue weighted by Gasteiger charge is -2.37. The van der Waals surface area contributed by atoms with Crippen molar-refractivity contribution in [3.8, 4) is 0 Å². The van der Waals surface area contributed by atoms with E-state index in [-0.39, 0.29) is 5.91 Å². The second-order valence-electron chi connectivity index (χ2n) is 11.7. The Morgan fingerprint density at radius 2 is 1.67 bits per heavy atom. The molecule has 4 fully saturated rings. The van der Waals surface area contributed by atoms with E-state index in [1.165, 1.54) is 70.1 Å². The lowest BCUT2D eigenvalue weighted by Crippen LogP contribution is -2.43. The van der Waals surface area contributed by atoms with Crippen LogP contribution in [0.15, 0.2) is 48.5 Å². The summed E-state index contributed by atoms with van der Waals surface area (Å²) in [6, 6.07) is 17.7. The highest BCUT2D eigenvalue weighted by Crippen LogP contribution is 2.39. The molecule has 2 saturated carbocycles. The molecule has 2 saturated heterocycles. The van der Waals surface area contributed by atoms with Gasteiger partial charge < -0.3 is 15.0 Å². The van der Waals surface area contributed by atoms with E-state index in [0.717, 1.165) is 35.7 Å². The summed E-state index contributed by atoms with van der Waals surface area (Å²) in [5.74, 6) is 1.56. The molecule has 0 radical (unpaired) electrons. The molecule has 5 heteroatoms. The van der Waals surface area contributed by atoms with Gasteiger partial charge in [-0.05, 0) is 92.3 Å². The number of likely N-dealkylation sites (tertiary alicyclic amines) is 1. The largest absolute Gasteiger partial charge is 0.374 e. The highest BCUT2D eigenvalue weighted by Gasteiger charge is 2.44. The molecule has 2 heterocycles. The van der Waals surface area contributed by atoms with E-state index in [1.54, 1.807) is 0 Å². The quantitative estimate of drug-likeness (QED) is 0.513. The smallest absolute Gasteiger partial charge is 0.255 e. The van der Waals surface area contributed by atoms with Crippen molar-refractivity contribution in [2.24, 2.45) is 11.8 Å². The Hall–Kier alpha value is -2.37. The Balaban J connectivity index is 1.03. The van der Waals surface area contributed by atoms with Gasteiger partial charge in [-0.3, -0.25) is 9.69 Å². The number of amides is 1. The molecule has 2 aliphatic carbocycles. The fourth-order valence-electron chi connectivity index (χ4n) is 6.87. The molecule has 4 aliphatic rings. The number of anilines is 2. The molecular formula is C31H41N3O2. The third-order valence-electron chi connectivity index (χ3n) is 9.32. The summed E-state index contributed by atoms with van der Waals surface area (Å²) in [5.41, 5.74) is 3.93. The normalized spacial score (nSPS) is 28.6. The molecule has 2 aliphatic heterocycles. The van der Waals surface area contributed by atoms with Crippen molar-refractivity contribution in [2.75, 3.05) is 29.9 Å². The predicted molar refractivity (Wildman–Crippen MR) is 145 cm³/mol. The molecule has 1 amide bonds. The van der Waals surface area contributed by atoms with Crippen molar-refractivity contribution in [3.63, 3.8) is 0 Å². The standard InChI is InChI=1S/C31H41N3O2/c1-22-5-2-3-8-29(22)33-19-25-17-18-34(30(25)20-33)27-15-13-26(14-16-27)32-31(35)24-11-9-23(10-12-24)21-36-28-6-4-7-28/h9-16,22,25,28-30H,2-8,17-21H2,1H3,(H,32,35)/t22?,25-,29?,30+/m1/s1. The summed E-state index contributed by atoms with van der Waals surface area (Å²) >= 11 is 0. The number of ether oxygens (including phenoxy) is 1. The van der Waals surface area contributed by atoms with Crippen LogP contribution in [0, 0.1) is 11.8 Å². The SMILES string of the molecule is CC1CCCCC1N1C[C@H]2CCN(c3ccc(NC(=O)c4ccc(COC5CCC5)cc4)cc3)[C@H]2C1. The second kappa shape index (κ2) is 10.5. The minimum atomic E-state index is -0.0662. The third-order valence-corrected chi connectivity index (χ3v) is 9.32. The van der Waals surface area contributed by atoms with Crippen molar-refractivity contribution in [3.05, 3.63) is 59.7 Å². The van der Waals surface area contributed by atoms with Gasteiger partial charge in [0.25, 0.3) is 5.91 Å². The van der Waals surface area contributed by atoms with Gasteiger partial charge in [-0.15, -0.1) is 0 Å². The maximum absolute atomic E-state index is 12.8. The van der Waals surface area contributed by atoms with Crippen molar-refractivity contribution in [1.82, 2.24) is 4.90 Å². The van der Waals surface area contributed by atoms with Crippen LogP contribution in [0.1, 0.15) is 74.2 Å². The molecule has 4 atom stereocenters. The minimum absolute atomic E-state index is 0.0662. The molecule has 0 bridgehead atoms. The van der Waals surface area contributed by atoms with E-state index in [1.807, 2.05) is 24.3 Å². The van der Waals surface area contributed by atoms with E-state index < -0.39 is 0 Å². The number of nitrogens with zero attached hydrogens (tertiary/aromatic N) is 2. The van der Waals surface area contributed by atoms with Gasteiger partial charge in [0.2, 0.25) is 0 Å². The highest BCUT2D eigenvalue weighted by atomic mass is 16.5. The van der Waals surface area contributed by atoms with Crippen LogP contribution >= 0.6 is 0 Å². The van der Waals surface area contributed by atoms with E-state index in [0.29, 0.717) is 24.3 Å². The summed E-state index contributed by atoms with van der Waals surface area (Å²) in [6.07, 6.45) is 10.9. The van der Waals surface area contributed by atoms with Crippen LogP contribution in [0.4, 0.5) is 11.4 Å². The molecule has 36 heavy (non-hydrogen) atoms. The van der Waals surface area contributed by atoms with Gasteiger partial charge in [-0.25, -0.2) is 0 Å². The minimum Gasteiger partial charge on any atom is -0.374 e. The van der Waals surface area contributed by atoms with Crippen LogP contribution in [-0.2, 0) is 11.3 Å². The zero-order valence-electron chi connectivity index (χ0n) is 21.7. The first-order valence-corrected chi connectivity index (χ1v) is 14.3. The maximum atomic E-state index is 12.8. The van der Waals surface area contributed by atoms with Crippen molar-refractivity contribution >= 4 is 17.3 Å². The summed E-state index contributed by atoms with van der Waals surface area (Å²) in [6.45, 7) is 6.72. The van der Waals surface area contributed by atoms with Crippen molar-refractivity contribution in [2.45, 2.75) is 83.1 Å². The van der Waals surface area contributed by atoms with Crippen molar-refractivity contribution < 1.29 is 9.53 Å². The molecule has 2 aromatic carbocycles. The molecule has 5 nitrogen and oxygen atoms in total. The zero-order chi connectivity index (χ0) is 24.5. The predicted octanol–water partition coefficient (Wildman–Crippen LogP) is 6.10. The first-order chi connectivity index (χ1) is 17.6. The number of rotatable bonds is 7. The van der Waals surface area contributed by atoms with Gasteiger partial charge in [0, 0.05) is 48.7 Å². The third kappa shape index (κ3) is 5.05.